The Morgan fingerprint density at radius 1 is 0.952 bits per heavy atom. The molecule has 2 N–H and O–H groups in total. The molecule has 1 atom stereocenters. The maximum atomic E-state index is 12.7. The molecule has 0 spiro atoms. The van der Waals surface area contributed by atoms with Crippen LogP contribution in [0.25, 0.3) is 0 Å². The lowest BCUT2D eigenvalue weighted by atomic mass is 9.96. The van der Waals surface area contributed by atoms with E-state index in [9.17, 15) is 35.1 Å². The lowest BCUT2D eigenvalue weighted by Crippen LogP contribution is -2.21. The fourth-order valence-electron chi connectivity index (χ4n) is 1.62. The molecule has 0 aromatic heterocycles. The van der Waals surface area contributed by atoms with Gasteiger partial charge in [-0.25, -0.2) is 8.78 Å². The summed E-state index contributed by atoms with van der Waals surface area (Å²) in [5.41, 5.74) is 1.24. The monoisotopic (exact) mass is 343 g/mol. The first-order valence-electron chi connectivity index (χ1n) is 5.25. The highest BCUT2D eigenvalue weighted by Gasteiger charge is 2.39. The van der Waals surface area contributed by atoms with Gasteiger partial charge in [0.25, 0.3) is 0 Å². The topological polar surface area (TPSA) is 26.0 Å². The molecular formula is C11H10ClF8N. The zero-order valence-corrected chi connectivity index (χ0v) is 10.9. The predicted octanol–water partition coefficient (Wildman–Crippen LogP) is 4.80. The minimum atomic E-state index is -5.11. The number of hydrogen-bond donors (Lipinski definition) is 1. The fraction of sp³-hybridized carbons (Fsp3) is 0.455. The Morgan fingerprint density at radius 2 is 1.48 bits per heavy atom. The van der Waals surface area contributed by atoms with E-state index in [1.54, 1.807) is 0 Å². The van der Waals surface area contributed by atoms with Gasteiger partial charge in [0.2, 0.25) is 6.43 Å². The van der Waals surface area contributed by atoms with Gasteiger partial charge in [0.15, 0.2) is 0 Å². The number of nitrogens with two attached hydrogens (primary N) is 1. The molecule has 0 bridgehead atoms. The standard InChI is InChI=1S/C11H9F8N.ClH/c12-9(13)4-8(20)6-2-1-5(10(14,15)16)3-7(6)11(17,18)19;/h1-3,8-9H,4,20H2;1H/t8-;/m1./s1. The summed E-state index contributed by atoms with van der Waals surface area (Å²) in [6.07, 6.45) is -14.1. The van der Waals surface area contributed by atoms with E-state index in [0.717, 1.165) is 0 Å². The number of alkyl halides is 8. The van der Waals surface area contributed by atoms with Crippen LogP contribution in [0.2, 0.25) is 0 Å². The molecule has 0 fully saturated rings. The molecule has 0 heterocycles. The van der Waals surface area contributed by atoms with Crippen molar-refractivity contribution >= 4 is 12.4 Å². The summed E-state index contributed by atoms with van der Waals surface area (Å²) < 4.78 is 99.5. The molecule has 1 aromatic carbocycles. The molecule has 10 heteroatoms. The van der Waals surface area contributed by atoms with E-state index in [2.05, 4.69) is 0 Å². The average Bonchev–Trinajstić information content (AvgIpc) is 2.24. The van der Waals surface area contributed by atoms with E-state index in [-0.39, 0.29) is 18.5 Å². The number of benzene rings is 1. The molecule has 1 rings (SSSR count). The van der Waals surface area contributed by atoms with Crippen molar-refractivity contribution in [3.8, 4) is 0 Å². The third-order valence-corrected chi connectivity index (χ3v) is 2.52. The van der Waals surface area contributed by atoms with Crippen LogP contribution in [0.1, 0.15) is 29.2 Å². The van der Waals surface area contributed by atoms with Crippen LogP contribution in [0.5, 0.6) is 0 Å². The summed E-state index contributed by atoms with van der Waals surface area (Å²) in [5.74, 6) is 0. The van der Waals surface area contributed by atoms with E-state index in [0.29, 0.717) is 12.1 Å². The first kappa shape index (κ1) is 19.9. The summed E-state index contributed by atoms with van der Waals surface area (Å²) in [4.78, 5) is 0. The predicted molar refractivity (Wildman–Crippen MR) is 61.2 cm³/mol. The molecule has 0 amide bonds. The van der Waals surface area contributed by atoms with Crippen LogP contribution in [0.4, 0.5) is 35.1 Å². The Labute approximate surface area is 120 Å². The van der Waals surface area contributed by atoms with Crippen LogP contribution in [0, 0.1) is 0 Å². The van der Waals surface area contributed by atoms with Gasteiger partial charge in [-0.15, -0.1) is 12.4 Å². The van der Waals surface area contributed by atoms with Gasteiger partial charge in [-0.2, -0.15) is 26.3 Å². The first-order chi connectivity index (χ1) is 8.93. The zero-order valence-electron chi connectivity index (χ0n) is 10.1. The minimum absolute atomic E-state index is 0. The van der Waals surface area contributed by atoms with Crippen LogP contribution < -0.4 is 5.73 Å². The summed E-state index contributed by atoms with van der Waals surface area (Å²) in [5, 5.41) is 0. The Hall–Kier alpha value is -1.09. The molecule has 1 aromatic rings. The number of rotatable bonds is 3. The highest BCUT2D eigenvalue weighted by atomic mass is 35.5. The van der Waals surface area contributed by atoms with E-state index in [4.69, 9.17) is 5.73 Å². The van der Waals surface area contributed by atoms with Gasteiger partial charge in [-0.3, -0.25) is 0 Å². The van der Waals surface area contributed by atoms with Crippen molar-refractivity contribution in [3.05, 3.63) is 34.9 Å². The second kappa shape index (κ2) is 6.78. The number of hydrogen-bond acceptors (Lipinski definition) is 1. The Bertz CT molecular complexity index is 468. The van der Waals surface area contributed by atoms with E-state index in [1.165, 1.54) is 0 Å². The molecule has 0 unspecified atom stereocenters. The molecule has 21 heavy (non-hydrogen) atoms. The summed E-state index contributed by atoms with van der Waals surface area (Å²) in [6.45, 7) is 0. The average molecular weight is 344 g/mol. The van der Waals surface area contributed by atoms with E-state index < -0.39 is 47.9 Å². The van der Waals surface area contributed by atoms with Crippen LogP contribution >= 0.6 is 12.4 Å². The van der Waals surface area contributed by atoms with Crippen molar-refractivity contribution in [2.45, 2.75) is 31.2 Å². The maximum absolute atomic E-state index is 12.7. The van der Waals surface area contributed by atoms with E-state index in [1.807, 2.05) is 0 Å². The van der Waals surface area contributed by atoms with Crippen LogP contribution in [0.15, 0.2) is 18.2 Å². The van der Waals surface area contributed by atoms with Gasteiger partial charge in [-0.1, -0.05) is 6.07 Å². The van der Waals surface area contributed by atoms with Crippen molar-refractivity contribution in [1.82, 2.24) is 0 Å². The first-order valence-corrected chi connectivity index (χ1v) is 5.25. The van der Waals surface area contributed by atoms with Crippen molar-refractivity contribution in [3.63, 3.8) is 0 Å². The van der Waals surface area contributed by atoms with Gasteiger partial charge in [-0.05, 0) is 17.7 Å². The SMILES string of the molecule is Cl.N[C@H](CC(F)F)c1ccc(C(F)(F)F)cc1C(F)(F)F. The highest BCUT2D eigenvalue weighted by Crippen LogP contribution is 2.39. The number of halogens is 9. The van der Waals surface area contributed by atoms with Crippen LogP contribution in [-0.2, 0) is 12.4 Å². The molecular weight excluding hydrogens is 334 g/mol. The second-order valence-corrected chi connectivity index (χ2v) is 4.03. The van der Waals surface area contributed by atoms with Crippen molar-refractivity contribution in [2.24, 2.45) is 5.73 Å². The summed E-state index contributed by atoms with van der Waals surface area (Å²) >= 11 is 0. The van der Waals surface area contributed by atoms with Gasteiger partial charge in [0.1, 0.15) is 0 Å². The molecule has 122 valence electrons. The Morgan fingerprint density at radius 3 is 1.86 bits per heavy atom. The summed E-state index contributed by atoms with van der Waals surface area (Å²) in [6, 6.07) is -0.955. The maximum Gasteiger partial charge on any atom is 0.416 e. The Balaban J connectivity index is 0.00000400. The fourth-order valence-corrected chi connectivity index (χ4v) is 1.62. The largest absolute Gasteiger partial charge is 0.416 e. The molecule has 0 aliphatic carbocycles. The van der Waals surface area contributed by atoms with Crippen molar-refractivity contribution < 1.29 is 35.1 Å². The molecule has 0 aliphatic rings. The van der Waals surface area contributed by atoms with Gasteiger partial charge >= 0.3 is 12.4 Å². The zero-order chi connectivity index (χ0) is 15.7. The van der Waals surface area contributed by atoms with Crippen molar-refractivity contribution in [1.29, 1.82) is 0 Å². The highest BCUT2D eigenvalue weighted by molar-refractivity contribution is 5.85. The van der Waals surface area contributed by atoms with Crippen LogP contribution in [0.3, 0.4) is 0 Å². The molecule has 0 radical (unpaired) electrons. The lowest BCUT2D eigenvalue weighted by Gasteiger charge is -2.20. The van der Waals surface area contributed by atoms with E-state index >= 15 is 0 Å². The molecule has 0 saturated carbocycles. The Kier molecular flexibility index (Phi) is 6.43. The molecule has 0 aliphatic heterocycles. The second-order valence-electron chi connectivity index (χ2n) is 4.03. The lowest BCUT2D eigenvalue weighted by molar-refractivity contribution is -0.143. The van der Waals surface area contributed by atoms with Crippen molar-refractivity contribution in [2.75, 3.05) is 0 Å². The van der Waals surface area contributed by atoms with Crippen LogP contribution in [-0.4, -0.2) is 6.43 Å². The normalized spacial score (nSPS) is 14.0. The smallest absolute Gasteiger partial charge is 0.324 e. The third-order valence-electron chi connectivity index (χ3n) is 2.52. The van der Waals surface area contributed by atoms with Gasteiger partial charge in [0.05, 0.1) is 11.1 Å². The van der Waals surface area contributed by atoms with Gasteiger partial charge < -0.3 is 5.73 Å². The quantitative estimate of drug-likeness (QED) is 0.784. The van der Waals surface area contributed by atoms with Gasteiger partial charge in [0, 0.05) is 12.5 Å². The minimum Gasteiger partial charge on any atom is -0.324 e. The summed E-state index contributed by atoms with van der Waals surface area (Å²) in [7, 11) is 0. The third kappa shape index (κ3) is 5.31. The molecule has 1 nitrogen and oxygen atoms in total. The molecule has 0 saturated heterocycles.